The number of hydrogen-bond acceptors (Lipinski definition) is 4. The van der Waals surface area contributed by atoms with E-state index >= 15 is 0 Å². The van der Waals surface area contributed by atoms with Crippen molar-refractivity contribution in [1.29, 1.82) is 0 Å². The van der Waals surface area contributed by atoms with E-state index in [0.717, 1.165) is 29.8 Å². The predicted molar refractivity (Wildman–Crippen MR) is 114 cm³/mol. The van der Waals surface area contributed by atoms with Crippen LogP contribution in [0, 0.1) is 0 Å². The molecule has 33 heavy (non-hydrogen) atoms. The van der Waals surface area contributed by atoms with Crippen LogP contribution in [0.1, 0.15) is 44.2 Å². The molecule has 0 aliphatic carbocycles. The Bertz CT molecular complexity index is 986. The van der Waals surface area contributed by atoms with Gasteiger partial charge in [-0.1, -0.05) is 30.3 Å². The third-order valence-electron chi connectivity index (χ3n) is 5.27. The van der Waals surface area contributed by atoms with E-state index in [1.54, 1.807) is 32.9 Å². The van der Waals surface area contributed by atoms with Crippen LogP contribution in [0.2, 0.25) is 0 Å². The van der Waals surface area contributed by atoms with Crippen LogP contribution in [0.3, 0.4) is 0 Å². The molecular formula is C24H26F3NO5. The molecule has 0 saturated carbocycles. The molecule has 1 heterocycles. The lowest BCUT2D eigenvalue weighted by molar-refractivity contribution is -0.161. The number of likely N-dealkylation sites (tertiary alicyclic amines) is 1. The largest absolute Gasteiger partial charge is 0.478 e. The first kappa shape index (κ1) is 24.4. The molecule has 1 N–H and O–H groups in total. The van der Waals surface area contributed by atoms with Crippen LogP contribution in [0.15, 0.2) is 54.6 Å². The second-order valence-corrected chi connectivity index (χ2v) is 9.10. The first-order valence-corrected chi connectivity index (χ1v) is 10.4. The smallest absolute Gasteiger partial charge is 0.416 e. The summed E-state index contributed by atoms with van der Waals surface area (Å²) in [6.45, 7) is 5.00. The summed E-state index contributed by atoms with van der Waals surface area (Å²) >= 11 is 0. The molecule has 2 atom stereocenters. The van der Waals surface area contributed by atoms with Gasteiger partial charge in [-0.25, -0.2) is 9.59 Å². The van der Waals surface area contributed by atoms with Crippen molar-refractivity contribution in [2.24, 2.45) is 0 Å². The van der Waals surface area contributed by atoms with Crippen LogP contribution in [0.4, 0.5) is 18.0 Å². The number of piperidine rings is 1. The first-order valence-electron chi connectivity index (χ1n) is 10.4. The van der Waals surface area contributed by atoms with Gasteiger partial charge in [-0.2, -0.15) is 13.2 Å². The SMILES string of the molecule is CC(C)(C)OC(=O)N1C[C@@H](c2ccccc2)CC(Oc2ccc(C(F)(F)F)cc2)(C(=O)O)C1. The summed E-state index contributed by atoms with van der Waals surface area (Å²) in [5.41, 5.74) is -2.74. The number of halogens is 3. The summed E-state index contributed by atoms with van der Waals surface area (Å²) in [6.07, 6.45) is -5.20. The molecule has 1 fully saturated rings. The van der Waals surface area contributed by atoms with Gasteiger partial charge in [-0.05, 0) is 50.6 Å². The van der Waals surface area contributed by atoms with Crippen molar-refractivity contribution >= 4 is 12.1 Å². The number of alkyl halides is 3. The molecule has 3 rings (SSSR count). The molecule has 178 valence electrons. The maximum absolute atomic E-state index is 12.9. The third-order valence-corrected chi connectivity index (χ3v) is 5.27. The van der Waals surface area contributed by atoms with Gasteiger partial charge in [0.1, 0.15) is 11.4 Å². The number of benzene rings is 2. The van der Waals surface area contributed by atoms with Crippen molar-refractivity contribution in [2.45, 2.75) is 50.5 Å². The second kappa shape index (κ2) is 8.96. The van der Waals surface area contributed by atoms with Crippen molar-refractivity contribution in [3.63, 3.8) is 0 Å². The molecule has 2 aromatic carbocycles. The van der Waals surface area contributed by atoms with Gasteiger partial charge in [0.2, 0.25) is 5.60 Å². The number of carbonyl (C=O) groups excluding carboxylic acids is 1. The van der Waals surface area contributed by atoms with E-state index in [2.05, 4.69) is 0 Å². The summed E-state index contributed by atoms with van der Waals surface area (Å²) in [5.74, 6) is -1.75. The Balaban J connectivity index is 1.96. The van der Waals surface area contributed by atoms with E-state index in [0.29, 0.717) is 0 Å². The number of rotatable bonds is 4. The molecule has 1 saturated heterocycles. The summed E-state index contributed by atoms with van der Waals surface area (Å²) in [6, 6.07) is 12.9. The zero-order chi connectivity index (χ0) is 24.4. The normalized spacial score (nSPS) is 21.4. The van der Waals surface area contributed by atoms with Gasteiger partial charge in [0.25, 0.3) is 0 Å². The monoisotopic (exact) mass is 465 g/mol. The van der Waals surface area contributed by atoms with Gasteiger partial charge in [0, 0.05) is 18.9 Å². The lowest BCUT2D eigenvalue weighted by Gasteiger charge is -2.43. The quantitative estimate of drug-likeness (QED) is 0.660. The zero-order valence-corrected chi connectivity index (χ0v) is 18.6. The van der Waals surface area contributed by atoms with E-state index in [4.69, 9.17) is 9.47 Å². The number of nitrogens with zero attached hydrogens (tertiary/aromatic N) is 1. The fraction of sp³-hybridized carbons (Fsp3) is 0.417. The molecule has 6 nitrogen and oxygen atoms in total. The summed E-state index contributed by atoms with van der Waals surface area (Å²) in [7, 11) is 0. The molecule has 1 amide bonds. The standard InChI is InChI=1S/C24H26F3NO5/c1-22(2,3)33-21(31)28-14-17(16-7-5-4-6-8-16)13-23(15-28,20(29)30)32-19-11-9-18(10-12-19)24(25,26)27/h4-12,17H,13-15H2,1-3H3,(H,29,30)/t17-,23?/m0/s1. The van der Waals surface area contributed by atoms with Crippen molar-refractivity contribution < 1.29 is 37.3 Å². The average molecular weight is 465 g/mol. The fourth-order valence-electron chi connectivity index (χ4n) is 3.79. The Morgan fingerprint density at radius 3 is 2.15 bits per heavy atom. The van der Waals surface area contributed by atoms with E-state index in [-0.39, 0.29) is 25.3 Å². The Morgan fingerprint density at radius 2 is 1.64 bits per heavy atom. The average Bonchev–Trinajstić information content (AvgIpc) is 2.72. The van der Waals surface area contributed by atoms with Crippen LogP contribution in [0.25, 0.3) is 0 Å². The maximum atomic E-state index is 12.9. The minimum atomic E-state index is -4.53. The van der Waals surface area contributed by atoms with Crippen molar-refractivity contribution in [3.8, 4) is 5.75 Å². The van der Waals surface area contributed by atoms with Gasteiger partial charge in [0.15, 0.2) is 0 Å². The summed E-state index contributed by atoms with van der Waals surface area (Å²) in [5, 5.41) is 10.1. The second-order valence-electron chi connectivity index (χ2n) is 9.10. The molecule has 9 heteroatoms. The number of amides is 1. The van der Waals surface area contributed by atoms with Crippen LogP contribution >= 0.6 is 0 Å². The lowest BCUT2D eigenvalue weighted by Crippen LogP contribution is -2.60. The van der Waals surface area contributed by atoms with Crippen LogP contribution in [-0.4, -0.2) is 46.4 Å². The summed E-state index contributed by atoms with van der Waals surface area (Å²) in [4.78, 5) is 26.6. The Morgan fingerprint density at radius 1 is 1.03 bits per heavy atom. The molecule has 2 aromatic rings. The number of carbonyl (C=O) groups is 2. The molecule has 1 unspecified atom stereocenters. The Labute approximate surface area is 189 Å². The number of ether oxygens (including phenoxy) is 2. The van der Waals surface area contributed by atoms with Gasteiger partial charge >= 0.3 is 18.2 Å². The third kappa shape index (κ3) is 5.97. The van der Waals surface area contributed by atoms with Crippen molar-refractivity contribution in [3.05, 3.63) is 65.7 Å². The van der Waals surface area contributed by atoms with Crippen molar-refractivity contribution in [2.75, 3.05) is 13.1 Å². The van der Waals surface area contributed by atoms with E-state index in [1.165, 1.54) is 4.90 Å². The zero-order valence-electron chi connectivity index (χ0n) is 18.6. The van der Waals surface area contributed by atoms with Gasteiger partial charge in [-0.15, -0.1) is 0 Å². The first-order chi connectivity index (χ1) is 15.3. The molecule has 0 radical (unpaired) electrons. The predicted octanol–water partition coefficient (Wildman–Crippen LogP) is 5.33. The highest BCUT2D eigenvalue weighted by molar-refractivity contribution is 5.80. The Kier molecular flexibility index (Phi) is 6.63. The Hall–Kier alpha value is -3.23. The number of hydrogen-bond donors (Lipinski definition) is 1. The van der Waals surface area contributed by atoms with Crippen LogP contribution < -0.4 is 4.74 Å². The molecule has 0 bridgehead atoms. The number of carboxylic acid groups (broad SMARTS) is 1. The number of aliphatic carboxylic acids is 1. The van der Waals surface area contributed by atoms with E-state index in [1.807, 2.05) is 18.2 Å². The van der Waals surface area contributed by atoms with Crippen LogP contribution in [0.5, 0.6) is 5.75 Å². The fourth-order valence-corrected chi connectivity index (χ4v) is 3.79. The van der Waals surface area contributed by atoms with Gasteiger partial charge < -0.3 is 19.5 Å². The highest BCUT2D eigenvalue weighted by atomic mass is 19.4. The summed E-state index contributed by atoms with van der Waals surface area (Å²) < 4.78 is 50.0. The highest BCUT2D eigenvalue weighted by Crippen LogP contribution is 2.38. The topological polar surface area (TPSA) is 76.1 Å². The molecule has 1 aliphatic rings. The number of carboxylic acids is 1. The molecule has 1 aliphatic heterocycles. The molecule has 0 spiro atoms. The maximum Gasteiger partial charge on any atom is 0.416 e. The lowest BCUT2D eigenvalue weighted by atomic mass is 9.81. The highest BCUT2D eigenvalue weighted by Gasteiger charge is 2.50. The molecular weight excluding hydrogens is 439 g/mol. The van der Waals surface area contributed by atoms with Crippen LogP contribution in [-0.2, 0) is 15.7 Å². The van der Waals surface area contributed by atoms with E-state index in [9.17, 15) is 27.9 Å². The van der Waals surface area contributed by atoms with Gasteiger partial charge in [0.05, 0.1) is 12.1 Å². The van der Waals surface area contributed by atoms with Gasteiger partial charge in [-0.3, -0.25) is 0 Å². The minimum Gasteiger partial charge on any atom is -0.478 e. The minimum absolute atomic E-state index is 0.0205. The van der Waals surface area contributed by atoms with Crippen molar-refractivity contribution in [1.82, 2.24) is 4.90 Å². The van der Waals surface area contributed by atoms with E-state index < -0.39 is 40.9 Å². The molecule has 0 aromatic heterocycles.